The molecule has 0 fully saturated rings. The number of nitrogens with one attached hydrogen (secondary N) is 1. The van der Waals surface area contributed by atoms with Gasteiger partial charge in [-0.1, -0.05) is 11.6 Å². The number of Topliss-reactive ketones (excluding diaryl/α,β-unsaturated/α-hetero) is 1. The van der Waals surface area contributed by atoms with Crippen LogP contribution in [-0.4, -0.2) is 11.7 Å². The maximum atomic E-state index is 12.6. The highest BCUT2D eigenvalue weighted by Gasteiger charge is 2.41. The monoisotopic (exact) mass is 249 g/mol. The molecule has 0 radical (unpaired) electrons. The van der Waals surface area contributed by atoms with Crippen molar-refractivity contribution in [3.8, 4) is 0 Å². The second-order valence-electron chi connectivity index (χ2n) is 3.16. The molecule has 1 amide bonds. The molecule has 0 atom stereocenters. The fraction of sp³-hybridized carbons (Fsp3) is 0.111. The number of rotatable bonds is 0. The molecule has 2 rings (SSSR count). The summed E-state index contributed by atoms with van der Waals surface area (Å²) in [4.78, 5) is 22.2. The lowest BCUT2D eigenvalue weighted by atomic mass is 10.0. The molecule has 0 unspecified atom stereocenters. The van der Waals surface area contributed by atoms with E-state index in [1.165, 1.54) is 0 Å². The van der Waals surface area contributed by atoms with Crippen LogP contribution in [0.5, 0.6) is 0 Å². The summed E-state index contributed by atoms with van der Waals surface area (Å²) in [5, 5.41) is 1.83. The van der Waals surface area contributed by atoms with Crippen molar-refractivity contribution in [2.45, 2.75) is 6.18 Å². The lowest BCUT2D eigenvalue weighted by Crippen LogP contribution is -2.15. The van der Waals surface area contributed by atoms with E-state index in [1.807, 2.05) is 5.32 Å². The lowest BCUT2D eigenvalue weighted by Gasteiger charge is -2.10. The van der Waals surface area contributed by atoms with Crippen molar-refractivity contribution in [1.29, 1.82) is 0 Å². The highest BCUT2D eigenvalue weighted by molar-refractivity contribution is 6.52. The van der Waals surface area contributed by atoms with Gasteiger partial charge in [0.25, 0.3) is 11.7 Å². The molecule has 84 valence electrons. The van der Waals surface area contributed by atoms with E-state index < -0.39 is 29.0 Å². The van der Waals surface area contributed by atoms with Crippen LogP contribution in [0.2, 0.25) is 5.02 Å². The Morgan fingerprint density at radius 3 is 2.38 bits per heavy atom. The maximum absolute atomic E-state index is 12.6. The normalized spacial score (nSPS) is 15.0. The Morgan fingerprint density at radius 2 is 1.81 bits per heavy atom. The third-order valence-electron chi connectivity index (χ3n) is 2.09. The maximum Gasteiger partial charge on any atom is 0.417 e. The van der Waals surface area contributed by atoms with Crippen molar-refractivity contribution in [2.75, 3.05) is 5.32 Å². The first-order valence-electron chi connectivity index (χ1n) is 4.07. The van der Waals surface area contributed by atoms with Gasteiger partial charge in [-0.25, -0.2) is 0 Å². The van der Waals surface area contributed by atoms with Crippen LogP contribution < -0.4 is 5.32 Å². The summed E-state index contributed by atoms with van der Waals surface area (Å²) in [5.74, 6) is -2.28. The minimum atomic E-state index is -4.73. The minimum Gasteiger partial charge on any atom is -0.318 e. The zero-order valence-corrected chi connectivity index (χ0v) is 8.24. The van der Waals surface area contributed by atoms with Crippen molar-refractivity contribution in [2.24, 2.45) is 0 Å². The second-order valence-corrected chi connectivity index (χ2v) is 3.59. The van der Waals surface area contributed by atoms with Gasteiger partial charge in [0.2, 0.25) is 0 Å². The van der Waals surface area contributed by atoms with Crippen LogP contribution in [0.1, 0.15) is 15.9 Å². The zero-order chi connectivity index (χ0) is 12.1. The molecule has 16 heavy (non-hydrogen) atoms. The molecule has 7 heteroatoms. The summed E-state index contributed by atoms with van der Waals surface area (Å²) >= 11 is 5.47. The van der Waals surface area contributed by atoms with Crippen LogP contribution in [0.25, 0.3) is 0 Å². The predicted octanol–water partition coefficient (Wildman–Crippen LogP) is 2.49. The van der Waals surface area contributed by atoms with Gasteiger partial charge in [-0.3, -0.25) is 9.59 Å². The molecule has 1 N–H and O–H groups in total. The number of fused-ring (bicyclic) bond motifs is 1. The third kappa shape index (κ3) is 1.55. The topological polar surface area (TPSA) is 46.2 Å². The van der Waals surface area contributed by atoms with Crippen LogP contribution in [0, 0.1) is 0 Å². The summed E-state index contributed by atoms with van der Waals surface area (Å²) in [7, 11) is 0. The number of hydrogen-bond acceptors (Lipinski definition) is 2. The van der Waals surface area contributed by atoms with Gasteiger partial charge in [-0.15, -0.1) is 0 Å². The van der Waals surface area contributed by atoms with Gasteiger partial charge >= 0.3 is 6.18 Å². The Kier molecular flexibility index (Phi) is 2.20. The van der Waals surface area contributed by atoms with E-state index in [0.29, 0.717) is 6.07 Å². The van der Waals surface area contributed by atoms with Gasteiger partial charge in [0, 0.05) is 5.02 Å². The fourth-order valence-electron chi connectivity index (χ4n) is 1.47. The van der Waals surface area contributed by atoms with Gasteiger partial charge in [0.05, 0.1) is 16.8 Å². The van der Waals surface area contributed by atoms with Gasteiger partial charge in [0.1, 0.15) is 0 Å². The first-order chi connectivity index (χ1) is 7.30. The van der Waals surface area contributed by atoms with E-state index in [2.05, 4.69) is 0 Å². The van der Waals surface area contributed by atoms with Gasteiger partial charge < -0.3 is 5.32 Å². The molecule has 3 nitrogen and oxygen atoms in total. The number of carbonyl (C=O) groups excluding carboxylic acids is 2. The first-order valence-corrected chi connectivity index (χ1v) is 4.45. The lowest BCUT2D eigenvalue weighted by molar-refractivity contribution is -0.137. The Hall–Kier alpha value is -1.56. The first kappa shape index (κ1) is 10.9. The SMILES string of the molecule is O=C1Nc2cc(Cl)cc(C(F)(F)F)c2C1=O. The van der Waals surface area contributed by atoms with Crippen molar-refractivity contribution >= 4 is 29.0 Å². The molecule has 0 aliphatic carbocycles. The van der Waals surface area contributed by atoms with Gasteiger partial charge in [0.15, 0.2) is 0 Å². The van der Waals surface area contributed by atoms with Crippen molar-refractivity contribution in [3.05, 3.63) is 28.3 Å². The standard InChI is InChI=1S/C9H3ClF3NO2/c10-3-1-4(9(11,12)13)6-5(2-3)14-8(16)7(6)15/h1-2H,(H,14,15,16). The number of anilines is 1. The Bertz CT molecular complexity index is 510. The molecule has 1 aromatic rings. The van der Waals surface area contributed by atoms with Crippen molar-refractivity contribution in [3.63, 3.8) is 0 Å². The molecule has 1 aliphatic heterocycles. The van der Waals surface area contributed by atoms with Crippen LogP contribution in [0.15, 0.2) is 12.1 Å². The zero-order valence-electron chi connectivity index (χ0n) is 7.48. The van der Waals surface area contributed by atoms with Crippen LogP contribution >= 0.6 is 11.6 Å². The third-order valence-corrected chi connectivity index (χ3v) is 2.31. The number of carbonyl (C=O) groups is 2. The molecule has 0 aromatic heterocycles. The van der Waals surface area contributed by atoms with Crippen molar-refractivity contribution in [1.82, 2.24) is 0 Å². The molecule has 1 aliphatic rings. The highest BCUT2D eigenvalue weighted by atomic mass is 35.5. The number of amides is 1. The average Bonchev–Trinajstić information content (AvgIpc) is 2.39. The summed E-state index contributed by atoms with van der Waals surface area (Å²) in [5.41, 5.74) is -2.06. The van der Waals surface area contributed by atoms with E-state index in [9.17, 15) is 22.8 Å². The summed E-state index contributed by atoms with van der Waals surface area (Å²) in [6.45, 7) is 0. The molecule has 0 saturated carbocycles. The van der Waals surface area contributed by atoms with Crippen LogP contribution in [-0.2, 0) is 11.0 Å². The number of hydrogen-bond donors (Lipinski definition) is 1. The van der Waals surface area contributed by atoms with Gasteiger partial charge in [-0.2, -0.15) is 13.2 Å². The molecular formula is C9H3ClF3NO2. The fourth-order valence-corrected chi connectivity index (χ4v) is 1.68. The van der Waals surface area contributed by atoms with Crippen LogP contribution in [0.3, 0.4) is 0 Å². The molecule has 0 spiro atoms. The predicted molar refractivity (Wildman–Crippen MR) is 49.4 cm³/mol. The molecule has 0 saturated heterocycles. The highest BCUT2D eigenvalue weighted by Crippen LogP contribution is 2.39. The second kappa shape index (κ2) is 3.21. The Balaban J connectivity index is 2.73. The van der Waals surface area contributed by atoms with E-state index in [4.69, 9.17) is 11.6 Å². The Labute approximate surface area is 92.2 Å². The summed E-state index contributed by atoms with van der Waals surface area (Å²) in [6, 6.07) is 1.73. The van der Waals surface area contributed by atoms with E-state index in [-0.39, 0.29) is 10.7 Å². The van der Waals surface area contributed by atoms with Crippen molar-refractivity contribution < 1.29 is 22.8 Å². The summed E-state index contributed by atoms with van der Waals surface area (Å²) in [6.07, 6.45) is -4.73. The minimum absolute atomic E-state index is 0.193. The van der Waals surface area contributed by atoms with Crippen LogP contribution in [0.4, 0.5) is 18.9 Å². The average molecular weight is 250 g/mol. The number of benzene rings is 1. The number of ketones is 1. The smallest absolute Gasteiger partial charge is 0.318 e. The van der Waals surface area contributed by atoms with E-state index >= 15 is 0 Å². The quantitative estimate of drug-likeness (QED) is 0.718. The summed E-state index contributed by atoms with van der Waals surface area (Å²) < 4.78 is 37.7. The van der Waals surface area contributed by atoms with E-state index in [0.717, 1.165) is 6.07 Å². The number of alkyl halides is 3. The molecular weight excluding hydrogens is 247 g/mol. The molecule has 1 aromatic carbocycles. The largest absolute Gasteiger partial charge is 0.417 e. The Morgan fingerprint density at radius 1 is 1.19 bits per heavy atom. The molecule has 0 bridgehead atoms. The number of halogens is 4. The van der Waals surface area contributed by atoms with E-state index in [1.54, 1.807) is 0 Å². The molecule has 1 heterocycles. The van der Waals surface area contributed by atoms with Gasteiger partial charge in [-0.05, 0) is 12.1 Å².